The number of fused-ring (bicyclic) bond motifs is 16. The molecule has 0 bridgehead atoms. The first-order valence-corrected chi connectivity index (χ1v) is 83.7. The maximum absolute atomic E-state index is 4.93. The van der Waals surface area contributed by atoms with Gasteiger partial charge >= 0.3 is 114 Å². The first kappa shape index (κ1) is 115. The Morgan fingerprint density at radius 1 is 0.290 bits per heavy atom. The van der Waals surface area contributed by atoms with Gasteiger partial charge in [0.2, 0.25) is 0 Å². The van der Waals surface area contributed by atoms with E-state index in [1.807, 2.05) is 0 Å². The molecule has 0 N–H and O–H groups in total. The third-order valence-electron chi connectivity index (χ3n) is 43.0. The molecule has 0 amide bonds. The molecule has 18 aliphatic rings. The maximum atomic E-state index is 4.93. The molecular formula is C116H184Cl6S3Si3Zr3. The summed E-state index contributed by atoms with van der Waals surface area (Å²) in [6.45, 7) is 49.2. The second-order valence-electron chi connectivity index (χ2n) is 49.8. The van der Waals surface area contributed by atoms with E-state index in [4.69, 9.17) is 51.1 Å². The van der Waals surface area contributed by atoms with Crippen LogP contribution in [-0.4, -0.2) is 55.7 Å². The van der Waals surface area contributed by atoms with Crippen molar-refractivity contribution in [1.29, 1.82) is 0 Å². The Morgan fingerprint density at radius 2 is 0.588 bits per heavy atom. The summed E-state index contributed by atoms with van der Waals surface area (Å²) in [7, 11) is 25.1. The summed E-state index contributed by atoms with van der Waals surface area (Å²) in [5.74, 6) is 29.0. The molecule has 4 aromatic rings. The van der Waals surface area contributed by atoms with Crippen molar-refractivity contribution in [1.82, 2.24) is 0 Å². The van der Waals surface area contributed by atoms with Crippen molar-refractivity contribution in [2.24, 2.45) is 160 Å². The van der Waals surface area contributed by atoms with E-state index < -0.39 is 86.8 Å². The van der Waals surface area contributed by atoms with Crippen LogP contribution >= 0.6 is 86.4 Å². The van der Waals surface area contributed by atoms with Crippen molar-refractivity contribution in [3.63, 3.8) is 0 Å². The van der Waals surface area contributed by atoms with E-state index in [1.165, 1.54) is 146 Å². The molecule has 3 saturated heterocycles. The summed E-state index contributed by atoms with van der Waals surface area (Å²) >= 11 is 5.01. The molecule has 22 rings (SSSR count). The van der Waals surface area contributed by atoms with Gasteiger partial charge in [0.15, 0.2) is 0 Å². The predicted octanol–water partition coefficient (Wildman–Crippen LogP) is 38.9. The minimum absolute atomic E-state index is 0. The van der Waals surface area contributed by atoms with Crippen LogP contribution < -0.4 is 0 Å². The normalized spacial score (nSPS) is 44.0. The Balaban J connectivity index is 0.000000178. The second kappa shape index (κ2) is 48.0. The molecule has 18 fully saturated rings. The fraction of sp³-hybridized carbons (Fsp3) is 0.759. The Hall–Kier alpha value is 3.23. The molecule has 42 atom stereocenters. The molecule has 0 spiro atoms. The van der Waals surface area contributed by atoms with E-state index in [2.05, 4.69) is 255 Å². The van der Waals surface area contributed by atoms with Gasteiger partial charge in [0, 0.05) is 31.5 Å². The van der Waals surface area contributed by atoms with Crippen LogP contribution in [0.15, 0.2) is 97.1 Å². The zero-order valence-electron chi connectivity index (χ0n) is 86.6. The van der Waals surface area contributed by atoms with Gasteiger partial charge in [-0.2, -0.15) is 35.3 Å². The van der Waals surface area contributed by atoms with Crippen LogP contribution in [0.25, 0.3) is 10.8 Å². The summed E-state index contributed by atoms with van der Waals surface area (Å²) in [5.41, 5.74) is 13.2. The number of hydrogen-bond donors (Lipinski definition) is 0. The second-order valence-corrected chi connectivity index (χ2v) is 80.2. The quantitative estimate of drug-likeness (QED) is 0.121. The summed E-state index contributed by atoms with van der Waals surface area (Å²) < 4.78 is 0. The molecule has 0 nitrogen and oxygen atoms in total. The Morgan fingerprint density at radius 3 is 0.939 bits per heavy atom. The molecule has 0 aromatic heterocycles. The van der Waals surface area contributed by atoms with Gasteiger partial charge in [-0.3, -0.25) is 0 Å². The molecular weight excluding hydrogens is 2060 g/mol. The van der Waals surface area contributed by atoms with Gasteiger partial charge in [0.1, 0.15) is 0 Å². The van der Waals surface area contributed by atoms with Gasteiger partial charge in [-0.05, 0) is 346 Å². The van der Waals surface area contributed by atoms with E-state index in [9.17, 15) is 0 Å². The van der Waals surface area contributed by atoms with Crippen LogP contribution in [0, 0.1) is 204 Å². The van der Waals surface area contributed by atoms with E-state index in [0.717, 1.165) is 242 Å². The van der Waals surface area contributed by atoms with Crippen LogP contribution in [0.1, 0.15) is 296 Å². The van der Waals surface area contributed by atoms with Gasteiger partial charge in [-0.15, -0.1) is 0 Å². The molecule has 15 heteroatoms. The van der Waals surface area contributed by atoms with Crippen LogP contribution in [0.3, 0.4) is 0 Å². The zero-order chi connectivity index (χ0) is 88.4. The number of hydrogen-bond acceptors (Lipinski definition) is 3. The molecule has 3 aliphatic heterocycles. The fourth-order valence-corrected chi connectivity index (χ4v) is 66.7. The van der Waals surface area contributed by atoms with Gasteiger partial charge < -0.3 is 44.6 Å². The number of benzene rings is 4. The Kier molecular flexibility index (Phi) is 42.0. The monoisotopic (exact) mass is 2240 g/mol. The van der Waals surface area contributed by atoms with Gasteiger partial charge in [-0.25, -0.2) is 0 Å². The van der Waals surface area contributed by atoms with Crippen LogP contribution in [0.5, 0.6) is 0 Å². The van der Waals surface area contributed by atoms with Crippen molar-refractivity contribution >= 4 is 121 Å². The number of thioether (sulfide) groups is 3. The summed E-state index contributed by atoms with van der Waals surface area (Å²) in [6, 6.07) is 38.8. The van der Waals surface area contributed by atoms with E-state index in [-0.39, 0.29) is 50.0 Å². The molecule has 4 aromatic carbocycles. The third-order valence-corrected chi connectivity index (χ3v) is 65.0. The number of rotatable bonds is 9. The minimum atomic E-state index is -1.52. The first-order valence-electron chi connectivity index (χ1n) is 52.4. The van der Waals surface area contributed by atoms with Crippen molar-refractivity contribution in [3.05, 3.63) is 164 Å². The van der Waals surface area contributed by atoms with Crippen LogP contribution in [0.2, 0.25) is 72.5 Å². The average molecular weight is 2250 g/mol. The Bertz CT molecular complexity index is 4180. The van der Waals surface area contributed by atoms with Crippen molar-refractivity contribution in [2.45, 2.75) is 384 Å². The average Bonchev–Trinajstić information content (AvgIpc) is 1.55. The zero-order valence-corrected chi connectivity index (χ0v) is 104. The van der Waals surface area contributed by atoms with Crippen molar-refractivity contribution < 1.29 is 62.5 Å². The molecule has 15 saturated carbocycles. The number of halogens is 6. The van der Waals surface area contributed by atoms with Crippen molar-refractivity contribution in [3.8, 4) is 0 Å². The third kappa shape index (κ3) is 21.4. The van der Waals surface area contributed by atoms with Gasteiger partial charge in [0.25, 0.3) is 0 Å². The van der Waals surface area contributed by atoms with E-state index in [0.29, 0.717) is 0 Å². The van der Waals surface area contributed by atoms with Crippen LogP contribution in [-0.2, 0) is 68.0 Å². The van der Waals surface area contributed by atoms with E-state index in [1.54, 1.807) is 60.6 Å². The summed E-state index contributed by atoms with van der Waals surface area (Å²) in [6.07, 6.45) is 41.2. The molecule has 3 heterocycles. The summed E-state index contributed by atoms with van der Waals surface area (Å²) in [5, 5.41) is 9.00. The molecule has 15 aliphatic carbocycles. The standard InChI is InChI=1S/C38H54SSi.C38H60SSi.C34H52SSi.6CH3.6ClH.3Zr/c1-22-20-31-32(21-26-14-11-17-28(26)34(31)29-18-10-13-25-12-6-7-15-27(25)29)37(22)40(4,5)38-24(3)23(2)36-35(38)30-16-8-9-19-33(30)39-36;1-22-20-30-31(21-26-12-11-14-28(26)33(30)25-16-18-27(19-17-25)38(4,5)6)36(22)40(7,8)37-24(3)23(2)35-34(37)29-13-9-10-15-32(29)39-35;1-20-18-27-28(19-24-14-11-16-25(24)30(27)23-12-7-6-8-13-23)33(20)36(4,5)34-22(3)21(2)32-31(34)26-15-9-10-17-29(26)35-32;;;;;;;;;;;;;;;/h6-7,10,12-13,15,18,22-24,26,28,30-38H,8-9,11,14,16-17,19-21H2,1-5H3;16-19,22-24,26,28-37H,9-15,20-21H2,1-8H3;6-8,12-13,20-22,24-34H,9-11,14-19H2,1-5H3;6*1H3;6*1H;;;/q;;;6*-1;;;;;;;3*+4/p-6. The summed E-state index contributed by atoms with van der Waals surface area (Å²) in [4.78, 5) is 0. The molecule has 42 unspecified atom stereocenters. The first-order chi connectivity index (χ1) is 60.0. The van der Waals surface area contributed by atoms with E-state index >= 15 is 0 Å². The van der Waals surface area contributed by atoms with Crippen LogP contribution in [0.4, 0.5) is 0 Å². The predicted molar refractivity (Wildman–Crippen MR) is 588 cm³/mol. The molecule has 131 heavy (non-hydrogen) atoms. The topological polar surface area (TPSA) is 0 Å². The SMILES string of the molecule is CC1CC2C(CC3CCCC3C2c2ccc(C(C)(C)C)cc2)C1[Si](C)(C)C1C(C)C(C)C2SC3CCCCC3C21.CC1CC2C(CC3CCCC3C2c2cccc3ccccc23)C1[Si](C)(C)C1C(C)C(C)C2SC3CCCCC3C21.CC1CC2C(CC3CCCC3C2c2ccccc2)C1[Si](C)(C)C1C(C)C(C)C2SC3CCCCC3C21.[CH3-].[CH3-].[CH3-].[CH3-].[CH3-].[CH3-].[Cl][Zr+2][Cl].[Cl][Zr+2][Cl].[Cl][Zr+2][Cl]. The molecule has 0 radical (unpaired) electrons. The molecule has 732 valence electrons. The van der Waals surface area contributed by atoms with Crippen molar-refractivity contribution in [2.75, 3.05) is 0 Å². The Labute approximate surface area is 880 Å². The van der Waals surface area contributed by atoms with Gasteiger partial charge in [0.05, 0.1) is 24.2 Å². The fourth-order valence-electron chi connectivity index (χ4n) is 39.5. The van der Waals surface area contributed by atoms with Gasteiger partial charge in [-0.1, -0.05) is 296 Å².